The van der Waals surface area contributed by atoms with Gasteiger partial charge in [-0.05, 0) is 32.1 Å². The summed E-state index contributed by atoms with van der Waals surface area (Å²) in [6, 6.07) is 0.575. The Morgan fingerprint density at radius 3 is 2.55 bits per heavy atom. The molecule has 20 heavy (non-hydrogen) atoms. The topological polar surface area (TPSA) is 41.6 Å². The van der Waals surface area contributed by atoms with Crippen LogP contribution in [-0.4, -0.2) is 48.7 Å². The molecule has 4 heteroatoms. The lowest BCUT2D eigenvalue weighted by atomic mass is 9.86. The van der Waals surface area contributed by atoms with Gasteiger partial charge in [-0.25, -0.2) is 0 Å². The van der Waals surface area contributed by atoms with Crippen molar-refractivity contribution in [3.05, 3.63) is 0 Å². The van der Waals surface area contributed by atoms with E-state index in [4.69, 9.17) is 4.74 Å². The molecule has 0 amide bonds. The number of nitrogens with one attached hydrogen (secondary N) is 1. The maximum Gasteiger partial charge on any atom is 0.324 e. The smallest absolute Gasteiger partial charge is 0.324 e. The van der Waals surface area contributed by atoms with Crippen molar-refractivity contribution >= 4 is 5.97 Å². The van der Waals surface area contributed by atoms with Crippen molar-refractivity contribution in [1.82, 2.24) is 10.2 Å². The molecule has 1 rings (SSSR count). The van der Waals surface area contributed by atoms with Crippen LogP contribution in [0.1, 0.15) is 48.0 Å². The molecule has 4 nitrogen and oxygen atoms in total. The highest BCUT2D eigenvalue weighted by atomic mass is 16.5. The molecule has 1 N–H and O–H groups in total. The van der Waals surface area contributed by atoms with Gasteiger partial charge in [-0.15, -0.1) is 0 Å². The summed E-state index contributed by atoms with van der Waals surface area (Å²) in [6.45, 7) is 15.1. The van der Waals surface area contributed by atoms with Crippen LogP contribution in [0.2, 0.25) is 0 Å². The Kier molecular flexibility index (Phi) is 6.96. The van der Waals surface area contributed by atoms with E-state index in [1.54, 1.807) is 0 Å². The number of likely N-dealkylation sites (tertiary alicyclic amines) is 1. The largest absolute Gasteiger partial charge is 0.465 e. The predicted molar refractivity (Wildman–Crippen MR) is 82.7 cm³/mol. The molecular formula is C16H32N2O2. The second-order valence-electron chi connectivity index (χ2n) is 6.64. The van der Waals surface area contributed by atoms with E-state index >= 15 is 0 Å². The first-order valence-electron chi connectivity index (χ1n) is 8.01. The number of rotatable bonds is 6. The Morgan fingerprint density at radius 1 is 1.35 bits per heavy atom. The third-order valence-electron chi connectivity index (χ3n) is 4.24. The van der Waals surface area contributed by atoms with Crippen molar-refractivity contribution in [1.29, 1.82) is 0 Å². The zero-order valence-corrected chi connectivity index (χ0v) is 14.0. The molecule has 1 heterocycles. The summed E-state index contributed by atoms with van der Waals surface area (Å²) >= 11 is 0. The lowest BCUT2D eigenvalue weighted by molar-refractivity contribution is -0.146. The van der Waals surface area contributed by atoms with Gasteiger partial charge in [0.15, 0.2) is 0 Å². The first-order chi connectivity index (χ1) is 9.35. The molecule has 1 saturated heterocycles. The second-order valence-corrected chi connectivity index (χ2v) is 6.64. The van der Waals surface area contributed by atoms with E-state index in [9.17, 15) is 4.79 Å². The quantitative estimate of drug-likeness (QED) is 0.760. The molecule has 0 radical (unpaired) electrons. The number of ether oxygens (including phenoxy) is 1. The summed E-state index contributed by atoms with van der Waals surface area (Å²) in [5.74, 6) is 1.25. The van der Waals surface area contributed by atoms with Crippen molar-refractivity contribution in [3.63, 3.8) is 0 Å². The summed E-state index contributed by atoms with van der Waals surface area (Å²) in [5.41, 5.74) is 0. The fourth-order valence-electron chi connectivity index (χ4n) is 3.15. The zero-order chi connectivity index (χ0) is 15.3. The van der Waals surface area contributed by atoms with E-state index in [1.807, 2.05) is 6.92 Å². The number of piperidine rings is 1. The molecule has 0 saturated carbocycles. The molecule has 0 aromatic rings. The maximum absolute atomic E-state index is 12.1. The van der Waals surface area contributed by atoms with Gasteiger partial charge in [0.25, 0.3) is 0 Å². The number of hydrogen-bond acceptors (Lipinski definition) is 4. The van der Waals surface area contributed by atoms with Crippen molar-refractivity contribution in [2.45, 2.75) is 66.1 Å². The first kappa shape index (κ1) is 17.4. The van der Waals surface area contributed by atoms with Gasteiger partial charge < -0.3 is 10.1 Å². The van der Waals surface area contributed by atoms with Gasteiger partial charge >= 0.3 is 5.97 Å². The Hall–Kier alpha value is -0.610. The Labute approximate surface area is 124 Å². The molecule has 1 aliphatic heterocycles. The van der Waals surface area contributed by atoms with Crippen molar-refractivity contribution in [2.24, 2.45) is 11.8 Å². The van der Waals surface area contributed by atoms with Crippen LogP contribution in [0.15, 0.2) is 0 Å². The van der Waals surface area contributed by atoms with Crippen LogP contribution < -0.4 is 5.32 Å². The molecule has 0 aromatic carbocycles. The van der Waals surface area contributed by atoms with Crippen LogP contribution >= 0.6 is 0 Å². The van der Waals surface area contributed by atoms with Gasteiger partial charge in [0.2, 0.25) is 0 Å². The third kappa shape index (κ3) is 5.06. The van der Waals surface area contributed by atoms with Crippen LogP contribution in [0.25, 0.3) is 0 Å². The zero-order valence-electron chi connectivity index (χ0n) is 14.0. The predicted octanol–water partition coefficient (Wildman–Crippen LogP) is 2.28. The molecule has 1 aliphatic rings. The lowest BCUT2D eigenvalue weighted by Gasteiger charge is -2.42. The van der Waals surface area contributed by atoms with Crippen molar-refractivity contribution in [2.75, 3.05) is 19.7 Å². The first-order valence-corrected chi connectivity index (χ1v) is 8.01. The van der Waals surface area contributed by atoms with Crippen LogP contribution in [0.5, 0.6) is 0 Å². The highest BCUT2D eigenvalue weighted by molar-refractivity contribution is 5.76. The minimum Gasteiger partial charge on any atom is -0.465 e. The van der Waals surface area contributed by atoms with Crippen LogP contribution in [0, 0.1) is 11.8 Å². The molecular weight excluding hydrogens is 252 g/mol. The van der Waals surface area contributed by atoms with Crippen LogP contribution in [0.3, 0.4) is 0 Å². The Balaban J connectivity index is 2.69. The van der Waals surface area contributed by atoms with E-state index in [0.29, 0.717) is 24.5 Å². The van der Waals surface area contributed by atoms with E-state index in [1.165, 1.54) is 6.42 Å². The van der Waals surface area contributed by atoms with Crippen LogP contribution in [-0.2, 0) is 9.53 Å². The van der Waals surface area contributed by atoms with Gasteiger partial charge in [-0.3, -0.25) is 9.69 Å². The number of carbonyl (C=O) groups is 1. The average molecular weight is 284 g/mol. The van der Waals surface area contributed by atoms with Gasteiger partial charge in [0.05, 0.1) is 6.61 Å². The third-order valence-corrected chi connectivity index (χ3v) is 4.24. The molecule has 118 valence electrons. The number of esters is 1. The second kappa shape index (κ2) is 7.99. The Bertz CT molecular complexity index is 307. The van der Waals surface area contributed by atoms with Crippen LogP contribution in [0.4, 0.5) is 0 Å². The summed E-state index contributed by atoms with van der Waals surface area (Å²) in [5, 5.41) is 3.35. The standard InChI is InChI=1S/C16H32N2O2/c1-7-20-16(19)15(17-11(2)3)10-18-9-12(4)8-13(5)14(18)6/h11-15,17H,7-10H2,1-6H3. The highest BCUT2D eigenvalue weighted by Crippen LogP contribution is 2.26. The molecule has 4 atom stereocenters. The molecule has 1 fully saturated rings. The Morgan fingerprint density at radius 2 is 2.00 bits per heavy atom. The molecule has 4 unspecified atom stereocenters. The molecule has 0 bridgehead atoms. The van der Waals surface area contributed by atoms with E-state index in [2.05, 4.69) is 44.8 Å². The highest BCUT2D eigenvalue weighted by Gasteiger charge is 2.32. The maximum atomic E-state index is 12.1. The van der Waals surface area contributed by atoms with Crippen molar-refractivity contribution in [3.8, 4) is 0 Å². The number of nitrogens with zero attached hydrogens (tertiary/aromatic N) is 1. The van der Waals surface area contributed by atoms with E-state index < -0.39 is 0 Å². The van der Waals surface area contributed by atoms with E-state index in [0.717, 1.165) is 13.1 Å². The van der Waals surface area contributed by atoms with Gasteiger partial charge in [-0.2, -0.15) is 0 Å². The van der Waals surface area contributed by atoms with Gasteiger partial charge in [-0.1, -0.05) is 27.7 Å². The monoisotopic (exact) mass is 284 g/mol. The summed E-state index contributed by atoms with van der Waals surface area (Å²) in [4.78, 5) is 14.6. The SMILES string of the molecule is CCOC(=O)C(CN1CC(C)CC(C)C1C)NC(C)C. The summed E-state index contributed by atoms with van der Waals surface area (Å²) in [6.07, 6.45) is 1.28. The molecule has 0 aromatic heterocycles. The number of carbonyl (C=O) groups excluding carboxylic acids is 1. The lowest BCUT2D eigenvalue weighted by Crippen LogP contribution is -2.55. The van der Waals surface area contributed by atoms with Gasteiger partial charge in [0, 0.05) is 25.2 Å². The fourth-order valence-corrected chi connectivity index (χ4v) is 3.15. The molecule has 0 aliphatic carbocycles. The summed E-state index contributed by atoms with van der Waals surface area (Å²) < 4.78 is 5.21. The minimum atomic E-state index is -0.227. The van der Waals surface area contributed by atoms with E-state index in [-0.39, 0.29) is 18.1 Å². The van der Waals surface area contributed by atoms with Crippen molar-refractivity contribution < 1.29 is 9.53 Å². The average Bonchev–Trinajstić information content (AvgIpc) is 2.34. The summed E-state index contributed by atoms with van der Waals surface area (Å²) in [7, 11) is 0. The normalized spacial score (nSPS) is 29.4. The minimum absolute atomic E-state index is 0.126. The fraction of sp³-hybridized carbons (Fsp3) is 0.938. The number of hydrogen-bond donors (Lipinski definition) is 1. The molecule has 0 spiro atoms. The van der Waals surface area contributed by atoms with Gasteiger partial charge in [0.1, 0.15) is 6.04 Å².